The molecule has 2 heteroatoms. The Bertz CT molecular complexity index is 4360. The number of anilines is 3. The quantitative estimate of drug-likeness (QED) is 0.148. The van der Waals surface area contributed by atoms with Crippen LogP contribution in [0.1, 0.15) is 0 Å². The first-order chi connectivity index (χ1) is 34.7. The van der Waals surface area contributed by atoms with Crippen LogP contribution in [0.25, 0.3) is 120 Å². The normalized spacial score (nSPS) is 11.7. The van der Waals surface area contributed by atoms with Gasteiger partial charge in [0.15, 0.2) is 0 Å². The molecule has 13 aromatic carbocycles. The molecule has 2 nitrogen and oxygen atoms in total. The second kappa shape index (κ2) is 16.2. The highest BCUT2D eigenvalue weighted by molar-refractivity contribution is 6.23. The van der Waals surface area contributed by atoms with Gasteiger partial charge in [0.05, 0.1) is 11.4 Å². The summed E-state index contributed by atoms with van der Waals surface area (Å²) in [6, 6.07) is 95.2. The highest BCUT2D eigenvalue weighted by Gasteiger charge is 2.24. The predicted octanol–water partition coefficient (Wildman–Crippen LogP) is 19.5. The Morgan fingerprint density at radius 1 is 0.271 bits per heavy atom. The van der Waals surface area contributed by atoms with Crippen LogP contribution in [-0.2, 0) is 0 Å². The summed E-state index contributed by atoms with van der Waals surface area (Å²) >= 11 is 0. The van der Waals surface area contributed by atoms with E-state index in [4.69, 9.17) is 4.42 Å². The van der Waals surface area contributed by atoms with Gasteiger partial charge in [-0.3, -0.25) is 0 Å². The molecule has 0 bridgehead atoms. The van der Waals surface area contributed by atoms with Crippen LogP contribution in [0.3, 0.4) is 0 Å². The van der Waals surface area contributed by atoms with Gasteiger partial charge in [0.1, 0.15) is 11.2 Å². The van der Waals surface area contributed by atoms with Crippen LogP contribution < -0.4 is 4.90 Å². The Balaban J connectivity index is 1.03. The van der Waals surface area contributed by atoms with Crippen molar-refractivity contribution in [1.82, 2.24) is 0 Å². The molecule has 0 amide bonds. The van der Waals surface area contributed by atoms with Gasteiger partial charge in [-0.1, -0.05) is 218 Å². The number of nitrogens with zero attached hydrogens (tertiary/aromatic N) is 1. The average Bonchev–Trinajstić information content (AvgIpc) is 3.83. The molecular weight excluding hydrogens is 847 g/mol. The van der Waals surface area contributed by atoms with Gasteiger partial charge < -0.3 is 9.32 Å². The summed E-state index contributed by atoms with van der Waals surface area (Å²) in [7, 11) is 0. The van der Waals surface area contributed by atoms with E-state index in [1.54, 1.807) is 0 Å². The smallest absolute Gasteiger partial charge is 0.143 e. The lowest BCUT2D eigenvalue weighted by Gasteiger charge is -2.30. The summed E-state index contributed by atoms with van der Waals surface area (Å²) in [5, 5.41) is 14.3. The van der Waals surface area contributed by atoms with Crippen LogP contribution in [0.2, 0.25) is 0 Å². The molecule has 0 N–H and O–H groups in total. The molecule has 70 heavy (non-hydrogen) atoms. The SMILES string of the molecule is c1ccc(-c2c(-c3ccccc3)c3cc(-c4cccc(N(c5ccccc5-c5cccc6oc7c8ccccc8ccc7c56)c5cc6ccccc6c6ccccc56)c4)ccc3c3ccccc23)cc1. The third-order valence-electron chi connectivity index (χ3n) is 14.4. The third-order valence-corrected chi connectivity index (χ3v) is 14.4. The monoisotopic (exact) mass is 889 g/mol. The van der Waals surface area contributed by atoms with E-state index < -0.39 is 0 Å². The van der Waals surface area contributed by atoms with E-state index in [9.17, 15) is 0 Å². The summed E-state index contributed by atoms with van der Waals surface area (Å²) in [5.74, 6) is 0. The number of furan rings is 1. The van der Waals surface area contributed by atoms with Crippen molar-refractivity contribution in [3.63, 3.8) is 0 Å². The molecule has 14 aromatic rings. The Kier molecular flexibility index (Phi) is 9.25. The lowest BCUT2D eigenvalue weighted by molar-refractivity contribution is 0.673. The summed E-state index contributed by atoms with van der Waals surface area (Å²) in [4.78, 5) is 2.49. The van der Waals surface area contributed by atoms with E-state index in [1.165, 1.54) is 65.3 Å². The van der Waals surface area contributed by atoms with Gasteiger partial charge in [-0.25, -0.2) is 0 Å². The van der Waals surface area contributed by atoms with E-state index in [-0.39, 0.29) is 0 Å². The van der Waals surface area contributed by atoms with Crippen molar-refractivity contribution < 1.29 is 4.42 Å². The zero-order valence-electron chi connectivity index (χ0n) is 38.2. The first-order valence-electron chi connectivity index (χ1n) is 24.1. The zero-order valence-corrected chi connectivity index (χ0v) is 38.2. The topological polar surface area (TPSA) is 16.4 Å². The predicted molar refractivity (Wildman–Crippen MR) is 298 cm³/mol. The summed E-state index contributed by atoms with van der Waals surface area (Å²) in [6.07, 6.45) is 0. The average molecular weight is 890 g/mol. The largest absolute Gasteiger partial charge is 0.455 e. The second-order valence-electron chi connectivity index (χ2n) is 18.3. The van der Waals surface area contributed by atoms with Gasteiger partial charge in [0.2, 0.25) is 0 Å². The van der Waals surface area contributed by atoms with Crippen LogP contribution in [0.5, 0.6) is 0 Å². The second-order valence-corrected chi connectivity index (χ2v) is 18.3. The zero-order chi connectivity index (χ0) is 46.1. The van der Waals surface area contributed by atoms with E-state index in [1.807, 2.05) is 0 Å². The van der Waals surface area contributed by atoms with Gasteiger partial charge in [0.25, 0.3) is 0 Å². The van der Waals surface area contributed by atoms with Crippen LogP contribution in [0, 0.1) is 0 Å². The first-order valence-corrected chi connectivity index (χ1v) is 24.1. The van der Waals surface area contributed by atoms with Crippen LogP contribution in [-0.4, -0.2) is 0 Å². The minimum Gasteiger partial charge on any atom is -0.455 e. The summed E-state index contributed by atoms with van der Waals surface area (Å²) < 4.78 is 6.78. The maximum absolute atomic E-state index is 6.78. The fourth-order valence-electron chi connectivity index (χ4n) is 11.3. The number of benzene rings is 13. The standard InChI is InChI=1S/C68H43NO/c1-3-20-45(21-4-1)65-58-33-14-12-30-54(58)55-39-38-48(42-61(55)66(65)46-22-5-2-6-23-46)47-25-17-26-50(41-47)69(63-43-49-24-8-9-27-51(49)53-29-11-13-31-56(53)63)62-35-16-15-32-57(62)59-34-18-36-64-67(59)60-40-37-44-19-7-10-28-52(44)68(60)70-64/h1-43H. The molecule has 0 saturated carbocycles. The maximum atomic E-state index is 6.78. The molecule has 0 spiro atoms. The minimum atomic E-state index is 0.873. The van der Waals surface area contributed by atoms with E-state index >= 15 is 0 Å². The van der Waals surface area contributed by atoms with Crippen molar-refractivity contribution in [1.29, 1.82) is 0 Å². The van der Waals surface area contributed by atoms with Gasteiger partial charge in [-0.2, -0.15) is 0 Å². The highest BCUT2D eigenvalue weighted by atomic mass is 16.3. The molecule has 0 atom stereocenters. The molecule has 0 radical (unpaired) electrons. The Morgan fingerprint density at radius 3 is 1.60 bits per heavy atom. The van der Waals surface area contributed by atoms with Crippen LogP contribution in [0.4, 0.5) is 17.1 Å². The van der Waals surface area contributed by atoms with Gasteiger partial charge >= 0.3 is 0 Å². The molecule has 0 saturated heterocycles. The van der Waals surface area contributed by atoms with Crippen molar-refractivity contribution in [2.24, 2.45) is 0 Å². The van der Waals surface area contributed by atoms with Crippen molar-refractivity contribution in [3.05, 3.63) is 261 Å². The molecule has 0 aliphatic heterocycles. The molecule has 1 heterocycles. The fraction of sp³-hybridized carbons (Fsp3) is 0. The van der Waals surface area contributed by atoms with Gasteiger partial charge in [-0.05, 0) is 124 Å². The molecule has 14 rings (SSSR count). The molecule has 0 aliphatic rings. The van der Waals surface area contributed by atoms with E-state index in [0.717, 1.165) is 72.0 Å². The highest BCUT2D eigenvalue weighted by Crippen LogP contribution is 2.50. The number of para-hydroxylation sites is 1. The molecular formula is C68H43NO. The maximum Gasteiger partial charge on any atom is 0.143 e. The fourth-order valence-corrected chi connectivity index (χ4v) is 11.3. The Labute approximate surface area is 405 Å². The van der Waals surface area contributed by atoms with Crippen molar-refractivity contribution >= 4 is 92.9 Å². The molecule has 0 unspecified atom stereocenters. The number of fused-ring (bicyclic) bond motifs is 11. The molecule has 0 fully saturated rings. The Hall–Kier alpha value is -9.24. The van der Waals surface area contributed by atoms with Crippen molar-refractivity contribution in [2.75, 3.05) is 4.90 Å². The van der Waals surface area contributed by atoms with Gasteiger partial charge in [0, 0.05) is 32.8 Å². The van der Waals surface area contributed by atoms with E-state index in [0.29, 0.717) is 0 Å². The minimum absolute atomic E-state index is 0.873. The molecule has 326 valence electrons. The van der Waals surface area contributed by atoms with Gasteiger partial charge in [-0.15, -0.1) is 0 Å². The van der Waals surface area contributed by atoms with Crippen LogP contribution >= 0.6 is 0 Å². The Morgan fingerprint density at radius 2 is 0.814 bits per heavy atom. The number of hydrogen-bond acceptors (Lipinski definition) is 2. The number of rotatable bonds is 7. The lowest BCUT2D eigenvalue weighted by Crippen LogP contribution is -2.12. The summed E-state index contributed by atoms with van der Waals surface area (Å²) in [6.45, 7) is 0. The summed E-state index contributed by atoms with van der Waals surface area (Å²) in [5.41, 5.74) is 14.5. The van der Waals surface area contributed by atoms with E-state index in [2.05, 4.69) is 266 Å². The molecule has 0 aliphatic carbocycles. The van der Waals surface area contributed by atoms with Crippen molar-refractivity contribution in [2.45, 2.75) is 0 Å². The number of hydrogen-bond donors (Lipinski definition) is 0. The van der Waals surface area contributed by atoms with Crippen molar-refractivity contribution in [3.8, 4) is 44.5 Å². The van der Waals surface area contributed by atoms with Crippen LogP contribution in [0.15, 0.2) is 265 Å². The first kappa shape index (κ1) is 39.9. The lowest BCUT2D eigenvalue weighted by atomic mass is 9.84. The third kappa shape index (κ3) is 6.35. The molecule has 1 aromatic heterocycles.